The average Bonchev–Trinajstić information content (AvgIpc) is 2.77. The number of halogens is 1. The molecule has 10 heteroatoms. The highest BCUT2D eigenvalue weighted by Gasteiger charge is 2.22. The van der Waals surface area contributed by atoms with E-state index in [0.29, 0.717) is 31.2 Å². The number of benzene rings is 2. The molecule has 2 N–H and O–H groups in total. The van der Waals surface area contributed by atoms with Crippen molar-refractivity contribution in [2.45, 2.75) is 24.8 Å². The summed E-state index contributed by atoms with van der Waals surface area (Å²) >= 11 is 5.93. The molecule has 1 aliphatic heterocycles. The van der Waals surface area contributed by atoms with Crippen LogP contribution < -0.4 is 14.9 Å². The number of rotatable bonds is 7. The number of amides is 2. The third-order valence-electron chi connectivity index (χ3n) is 5.04. The van der Waals surface area contributed by atoms with Gasteiger partial charge in [0.25, 0.3) is 5.91 Å². The summed E-state index contributed by atoms with van der Waals surface area (Å²) < 4.78 is 26.8. The third kappa shape index (κ3) is 6.21. The topological polar surface area (TPSA) is 98.8 Å². The lowest BCUT2D eigenvalue weighted by atomic mass is 10.2. The lowest BCUT2D eigenvalue weighted by Crippen LogP contribution is -2.51. The molecule has 1 heterocycles. The van der Waals surface area contributed by atoms with Gasteiger partial charge in [-0.2, -0.15) is 0 Å². The number of carbonyl (C=O) groups is 2. The summed E-state index contributed by atoms with van der Waals surface area (Å²) in [6.07, 6.45) is 0. The Balaban J connectivity index is 1.48. The zero-order valence-electron chi connectivity index (χ0n) is 18.0. The molecule has 8 nitrogen and oxygen atoms in total. The van der Waals surface area contributed by atoms with Crippen LogP contribution in [0.2, 0.25) is 5.02 Å². The molecule has 3 rings (SSSR count). The monoisotopic (exact) mass is 478 g/mol. The lowest BCUT2D eigenvalue weighted by Gasteiger charge is -2.36. The van der Waals surface area contributed by atoms with E-state index in [-0.39, 0.29) is 29.0 Å². The van der Waals surface area contributed by atoms with Gasteiger partial charge >= 0.3 is 0 Å². The first-order valence-electron chi connectivity index (χ1n) is 10.3. The summed E-state index contributed by atoms with van der Waals surface area (Å²) in [5.74, 6) is -0.589. The van der Waals surface area contributed by atoms with Crippen LogP contribution in [0.5, 0.6) is 0 Å². The first kappa shape index (κ1) is 24.0. The van der Waals surface area contributed by atoms with Gasteiger partial charge < -0.3 is 15.1 Å². The van der Waals surface area contributed by atoms with Gasteiger partial charge in [0.05, 0.1) is 11.4 Å². The Bertz CT molecular complexity index is 1050. The Labute approximate surface area is 193 Å². The molecule has 0 atom stereocenters. The zero-order chi connectivity index (χ0) is 23.3. The summed E-state index contributed by atoms with van der Waals surface area (Å²) in [4.78, 5) is 28.9. The molecule has 2 aromatic carbocycles. The van der Waals surface area contributed by atoms with Gasteiger partial charge in [-0.1, -0.05) is 11.6 Å². The number of nitrogens with zero attached hydrogens (tertiary/aromatic N) is 2. The van der Waals surface area contributed by atoms with Crippen molar-refractivity contribution in [3.63, 3.8) is 0 Å². The Morgan fingerprint density at radius 1 is 0.969 bits per heavy atom. The fourth-order valence-corrected chi connectivity index (χ4v) is 4.78. The number of carbonyl (C=O) groups excluding carboxylic acids is 2. The molecule has 0 radical (unpaired) electrons. The number of sulfonamides is 1. The first-order valence-corrected chi connectivity index (χ1v) is 12.2. The van der Waals surface area contributed by atoms with E-state index in [9.17, 15) is 18.0 Å². The summed E-state index contributed by atoms with van der Waals surface area (Å²) in [6, 6.07) is 13.0. The van der Waals surface area contributed by atoms with Gasteiger partial charge in [0, 0.05) is 48.5 Å². The molecule has 1 aliphatic rings. The van der Waals surface area contributed by atoms with Crippen LogP contribution in [0.25, 0.3) is 0 Å². The molecule has 0 saturated carbocycles. The normalized spacial score (nSPS) is 14.5. The highest BCUT2D eigenvalue weighted by Crippen LogP contribution is 2.19. The van der Waals surface area contributed by atoms with Crippen molar-refractivity contribution in [3.05, 3.63) is 59.1 Å². The molecule has 0 aliphatic carbocycles. The average molecular weight is 479 g/mol. The highest BCUT2D eigenvalue weighted by molar-refractivity contribution is 7.89. The number of anilines is 1. The van der Waals surface area contributed by atoms with Crippen LogP contribution in [0.4, 0.5) is 5.69 Å². The Hall–Kier alpha value is -2.62. The molecule has 2 aromatic rings. The van der Waals surface area contributed by atoms with E-state index in [4.69, 9.17) is 11.6 Å². The standard InChI is InChI=1S/C22H27ClN4O4S/c1-16(2)25-32(30,31)20-9-3-17(4-10-20)22(29)24-15-21(28)27-13-11-26(12-14-27)19-7-5-18(23)6-8-19/h3-10,16,25H,11-15H2,1-2H3,(H,24,29). The second-order valence-corrected chi connectivity index (χ2v) is 9.98. The van der Waals surface area contributed by atoms with Gasteiger partial charge in [0.15, 0.2) is 0 Å². The summed E-state index contributed by atoms with van der Waals surface area (Å²) in [7, 11) is -3.62. The Morgan fingerprint density at radius 3 is 2.12 bits per heavy atom. The maximum absolute atomic E-state index is 12.5. The Morgan fingerprint density at radius 2 is 1.56 bits per heavy atom. The SMILES string of the molecule is CC(C)NS(=O)(=O)c1ccc(C(=O)NCC(=O)N2CCN(c3ccc(Cl)cc3)CC2)cc1. The van der Waals surface area contributed by atoms with E-state index in [1.54, 1.807) is 18.7 Å². The van der Waals surface area contributed by atoms with Crippen LogP contribution in [0.15, 0.2) is 53.4 Å². The van der Waals surface area contributed by atoms with Crippen molar-refractivity contribution in [1.29, 1.82) is 0 Å². The van der Waals surface area contributed by atoms with E-state index in [1.165, 1.54) is 24.3 Å². The zero-order valence-corrected chi connectivity index (χ0v) is 19.6. The van der Waals surface area contributed by atoms with Crippen molar-refractivity contribution >= 4 is 39.1 Å². The molecule has 2 amide bonds. The molecule has 172 valence electrons. The van der Waals surface area contributed by atoms with Gasteiger partial charge in [-0.15, -0.1) is 0 Å². The molecular formula is C22H27ClN4O4S. The van der Waals surface area contributed by atoms with Gasteiger partial charge in [-0.25, -0.2) is 13.1 Å². The summed E-state index contributed by atoms with van der Waals surface area (Å²) in [6.45, 7) is 5.86. The van der Waals surface area contributed by atoms with Crippen molar-refractivity contribution < 1.29 is 18.0 Å². The van der Waals surface area contributed by atoms with Crippen molar-refractivity contribution in [3.8, 4) is 0 Å². The second-order valence-electron chi connectivity index (χ2n) is 7.83. The van der Waals surface area contributed by atoms with E-state index in [1.807, 2.05) is 24.3 Å². The molecule has 32 heavy (non-hydrogen) atoms. The van der Waals surface area contributed by atoms with Gasteiger partial charge in [0.1, 0.15) is 0 Å². The van der Waals surface area contributed by atoms with Crippen molar-refractivity contribution in [1.82, 2.24) is 14.9 Å². The number of hydrogen-bond donors (Lipinski definition) is 2. The fourth-order valence-electron chi connectivity index (χ4n) is 3.40. The molecule has 0 spiro atoms. The van der Waals surface area contributed by atoms with E-state index >= 15 is 0 Å². The Kier molecular flexibility index (Phi) is 7.76. The molecule has 0 aromatic heterocycles. The van der Waals surface area contributed by atoms with Crippen LogP contribution >= 0.6 is 11.6 Å². The summed E-state index contributed by atoms with van der Waals surface area (Å²) in [5.41, 5.74) is 1.35. The molecule has 0 unspecified atom stereocenters. The van der Waals surface area contributed by atoms with Crippen molar-refractivity contribution in [2.75, 3.05) is 37.6 Å². The second kappa shape index (κ2) is 10.3. The van der Waals surface area contributed by atoms with Crippen LogP contribution in [0.3, 0.4) is 0 Å². The largest absolute Gasteiger partial charge is 0.368 e. The minimum atomic E-state index is -3.62. The van der Waals surface area contributed by atoms with Crippen LogP contribution in [0.1, 0.15) is 24.2 Å². The minimum absolute atomic E-state index is 0.0809. The fraction of sp³-hybridized carbons (Fsp3) is 0.364. The summed E-state index contributed by atoms with van der Waals surface area (Å²) in [5, 5.41) is 3.29. The molecular weight excluding hydrogens is 452 g/mol. The maximum atomic E-state index is 12.5. The van der Waals surface area contributed by atoms with Crippen LogP contribution in [-0.2, 0) is 14.8 Å². The third-order valence-corrected chi connectivity index (χ3v) is 6.97. The number of hydrogen-bond acceptors (Lipinski definition) is 5. The van der Waals surface area contributed by atoms with E-state index in [2.05, 4.69) is 14.9 Å². The van der Waals surface area contributed by atoms with Crippen LogP contribution in [0, 0.1) is 0 Å². The number of nitrogens with one attached hydrogen (secondary N) is 2. The minimum Gasteiger partial charge on any atom is -0.368 e. The number of piperazine rings is 1. The predicted molar refractivity (Wildman–Crippen MR) is 124 cm³/mol. The van der Waals surface area contributed by atoms with Crippen LogP contribution in [-0.4, -0.2) is 63.9 Å². The molecule has 1 fully saturated rings. The predicted octanol–water partition coefficient (Wildman–Crippen LogP) is 2.11. The van der Waals surface area contributed by atoms with Gasteiger partial charge in [-0.05, 0) is 62.4 Å². The smallest absolute Gasteiger partial charge is 0.251 e. The van der Waals surface area contributed by atoms with E-state index in [0.717, 1.165) is 5.69 Å². The highest BCUT2D eigenvalue weighted by atomic mass is 35.5. The van der Waals surface area contributed by atoms with Gasteiger partial charge in [0.2, 0.25) is 15.9 Å². The lowest BCUT2D eigenvalue weighted by molar-refractivity contribution is -0.130. The molecule has 1 saturated heterocycles. The van der Waals surface area contributed by atoms with Gasteiger partial charge in [-0.3, -0.25) is 9.59 Å². The van der Waals surface area contributed by atoms with E-state index < -0.39 is 15.9 Å². The molecule has 0 bridgehead atoms. The first-order chi connectivity index (χ1) is 15.2. The maximum Gasteiger partial charge on any atom is 0.251 e. The quantitative estimate of drug-likeness (QED) is 0.635. The van der Waals surface area contributed by atoms with Crippen molar-refractivity contribution in [2.24, 2.45) is 0 Å².